The molecule has 3 atom stereocenters. The van der Waals surface area contributed by atoms with Gasteiger partial charge in [0.05, 0.1) is 18.8 Å². The van der Waals surface area contributed by atoms with Crippen LogP contribution in [0.2, 0.25) is 0 Å². The van der Waals surface area contributed by atoms with Gasteiger partial charge in [0.15, 0.2) is 0 Å². The summed E-state index contributed by atoms with van der Waals surface area (Å²) in [5, 5.41) is 9.34. The van der Waals surface area contributed by atoms with Crippen LogP contribution < -0.4 is 0 Å². The molecule has 2 saturated carbocycles. The maximum absolute atomic E-state index is 11.4. The number of ether oxygens (including phenoxy) is 1. The van der Waals surface area contributed by atoms with Crippen LogP contribution in [-0.2, 0) is 9.53 Å². The standard InChI is InChI=1S/C17H26O3/c1-5-8-20-11-12(15(18)19)9-14-10-13-6-7-17(14,4)16(13,2)3/h5,9,13-14H,1,6-8,10-11H2,2-4H3,(H,18,19)/b12-9+. The first-order chi connectivity index (χ1) is 9.33. The molecule has 0 heterocycles. The van der Waals surface area contributed by atoms with E-state index in [4.69, 9.17) is 4.74 Å². The molecule has 0 aliphatic heterocycles. The van der Waals surface area contributed by atoms with Crippen molar-refractivity contribution in [3.63, 3.8) is 0 Å². The first-order valence-corrected chi connectivity index (χ1v) is 7.45. The van der Waals surface area contributed by atoms with Gasteiger partial charge in [0, 0.05) is 0 Å². The highest BCUT2D eigenvalue weighted by Crippen LogP contribution is 2.68. The highest BCUT2D eigenvalue weighted by atomic mass is 16.5. The van der Waals surface area contributed by atoms with Gasteiger partial charge >= 0.3 is 5.97 Å². The van der Waals surface area contributed by atoms with E-state index in [1.807, 2.05) is 6.08 Å². The van der Waals surface area contributed by atoms with E-state index in [1.165, 1.54) is 12.8 Å². The lowest BCUT2D eigenvalue weighted by Crippen LogP contribution is -2.32. The summed E-state index contributed by atoms with van der Waals surface area (Å²) in [5.74, 6) is 0.214. The number of allylic oxidation sites excluding steroid dienone is 1. The molecular weight excluding hydrogens is 252 g/mol. The summed E-state index contributed by atoms with van der Waals surface area (Å²) in [4.78, 5) is 11.4. The van der Waals surface area contributed by atoms with Crippen molar-refractivity contribution in [2.75, 3.05) is 13.2 Å². The molecule has 2 bridgehead atoms. The molecule has 0 aromatic rings. The maximum atomic E-state index is 11.4. The Kier molecular flexibility index (Phi) is 4.10. The van der Waals surface area contributed by atoms with Crippen LogP contribution in [0.15, 0.2) is 24.3 Å². The number of carbonyl (C=O) groups is 1. The molecule has 0 amide bonds. The number of carboxylic acids is 1. The average Bonchev–Trinajstić information content (AvgIpc) is 2.70. The summed E-state index contributed by atoms with van der Waals surface area (Å²) in [6.07, 6.45) is 7.20. The fourth-order valence-corrected chi connectivity index (χ4v) is 4.19. The lowest BCUT2D eigenvalue weighted by atomic mass is 9.66. The summed E-state index contributed by atoms with van der Waals surface area (Å²) in [7, 11) is 0. The van der Waals surface area contributed by atoms with Crippen LogP contribution in [0.1, 0.15) is 40.0 Å². The summed E-state index contributed by atoms with van der Waals surface area (Å²) >= 11 is 0. The van der Waals surface area contributed by atoms with Crippen LogP contribution in [0.4, 0.5) is 0 Å². The molecule has 3 nitrogen and oxygen atoms in total. The molecule has 3 unspecified atom stereocenters. The van der Waals surface area contributed by atoms with E-state index in [1.54, 1.807) is 6.08 Å². The normalized spacial score (nSPS) is 35.2. The number of fused-ring (bicyclic) bond motifs is 2. The van der Waals surface area contributed by atoms with Crippen LogP contribution in [0.5, 0.6) is 0 Å². The van der Waals surface area contributed by atoms with Crippen molar-refractivity contribution in [3.05, 3.63) is 24.3 Å². The molecule has 2 aliphatic rings. The SMILES string of the molecule is C=CCOC/C(=C\C1CC2CCC1(C)C2(C)C)C(=O)O. The molecule has 3 heteroatoms. The minimum atomic E-state index is -0.863. The smallest absolute Gasteiger partial charge is 0.333 e. The van der Waals surface area contributed by atoms with Gasteiger partial charge in [0.2, 0.25) is 0 Å². The van der Waals surface area contributed by atoms with Crippen LogP contribution in [0.3, 0.4) is 0 Å². The second-order valence-electron chi connectivity index (χ2n) is 7.02. The molecule has 2 rings (SSSR count). The van der Waals surface area contributed by atoms with Gasteiger partial charge in [-0.2, -0.15) is 0 Å². The first kappa shape index (κ1) is 15.3. The molecule has 20 heavy (non-hydrogen) atoms. The topological polar surface area (TPSA) is 46.5 Å². The molecule has 112 valence electrons. The molecule has 0 aromatic heterocycles. The van der Waals surface area contributed by atoms with Gasteiger partial charge in [-0.3, -0.25) is 0 Å². The quantitative estimate of drug-likeness (QED) is 0.458. The van der Waals surface area contributed by atoms with E-state index >= 15 is 0 Å². The molecule has 1 N–H and O–H groups in total. The Morgan fingerprint density at radius 1 is 1.45 bits per heavy atom. The molecular formula is C17H26O3. The minimum Gasteiger partial charge on any atom is -0.478 e. The van der Waals surface area contributed by atoms with Crippen molar-refractivity contribution < 1.29 is 14.6 Å². The Morgan fingerprint density at radius 3 is 2.60 bits per heavy atom. The average molecular weight is 278 g/mol. The van der Waals surface area contributed by atoms with E-state index in [9.17, 15) is 9.90 Å². The lowest BCUT2D eigenvalue weighted by Gasteiger charge is -2.38. The van der Waals surface area contributed by atoms with Gasteiger partial charge in [-0.25, -0.2) is 4.79 Å². The number of aliphatic carboxylic acids is 1. The zero-order chi connectivity index (χ0) is 15.0. The number of hydrogen-bond acceptors (Lipinski definition) is 2. The van der Waals surface area contributed by atoms with Crippen molar-refractivity contribution in [1.82, 2.24) is 0 Å². The summed E-state index contributed by atoms with van der Waals surface area (Å²) in [6.45, 7) is 11.1. The van der Waals surface area contributed by atoms with Gasteiger partial charge in [0.25, 0.3) is 0 Å². The highest BCUT2D eigenvalue weighted by molar-refractivity contribution is 5.86. The number of rotatable bonds is 6. The van der Waals surface area contributed by atoms with E-state index in [2.05, 4.69) is 27.4 Å². The van der Waals surface area contributed by atoms with Gasteiger partial charge in [-0.15, -0.1) is 6.58 Å². The predicted molar refractivity (Wildman–Crippen MR) is 79.5 cm³/mol. The largest absolute Gasteiger partial charge is 0.478 e. The Balaban J connectivity index is 2.16. The molecule has 0 aromatic carbocycles. The molecule has 0 spiro atoms. The van der Waals surface area contributed by atoms with Crippen LogP contribution in [0.25, 0.3) is 0 Å². The van der Waals surface area contributed by atoms with Gasteiger partial charge in [-0.1, -0.05) is 32.9 Å². The number of carboxylic acid groups (broad SMARTS) is 1. The molecule has 0 radical (unpaired) electrons. The van der Waals surface area contributed by atoms with E-state index < -0.39 is 5.97 Å². The fourth-order valence-electron chi connectivity index (χ4n) is 4.19. The Labute approximate surface area is 121 Å². The summed E-state index contributed by atoms with van der Waals surface area (Å²) < 4.78 is 5.31. The second-order valence-corrected chi connectivity index (χ2v) is 7.02. The Bertz CT molecular complexity index is 436. The third-order valence-electron chi connectivity index (χ3n) is 6.03. The third-order valence-corrected chi connectivity index (χ3v) is 6.03. The van der Waals surface area contributed by atoms with E-state index in [0.717, 1.165) is 12.3 Å². The van der Waals surface area contributed by atoms with Gasteiger partial charge in [0.1, 0.15) is 0 Å². The lowest BCUT2D eigenvalue weighted by molar-refractivity contribution is -0.133. The van der Waals surface area contributed by atoms with E-state index in [-0.39, 0.29) is 12.0 Å². The van der Waals surface area contributed by atoms with Crippen molar-refractivity contribution >= 4 is 5.97 Å². The molecule has 0 saturated heterocycles. The van der Waals surface area contributed by atoms with Gasteiger partial charge < -0.3 is 9.84 Å². The molecule has 2 aliphatic carbocycles. The highest BCUT2D eigenvalue weighted by Gasteiger charge is 2.60. The third kappa shape index (κ3) is 2.32. The fraction of sp³-hybridized carbons (Fsp3) is 0.706. The number of hydrogen-bond donors (Lipinski definition) is 1. The van der Waals surface area contributed by atoms with E-state index in [0.29, 0.717) is 23.5 Å². The monoisotopic (exact) mass is 278 g/mol. The van der Waals surface area contributed by atoms with Crippen LogP contribution in [-0.4, -0.2) is 24.3 Å². The van der Waals surface area contributed by atoms with Crippen molar-refractivity contribution in [1.29, 1.82) is 0 Å². The zero-order valence-corrected chi connectivity index (χ0v) is 12.8. The summed E-state index contributed by atoms with van der Waals surface area (Å²) in [5.41, 5.74) is 0.915. The Hall–Kier alpha value is -1.09. The van der Waals surface area contributed by atoms with Gasteiger partial charge in [-0.05, 0) is 41.9 Å². The van der Waals surface area contributed by atoms with Crippen molar-refractivity contribution in [3.8, 4) is 0 Å². The van der Waals surface area contributed by atoms with Crippen LogP contribution >= 0.6 is 0 Å². The second kappa shape index (κ2) is 5.36. The maximum Gasteiger partial charge on any atom is 0.333 e. The van der Waals surface area contributed by atoms with Crippen LogP contribution in [0, 0.1) is 22.7 Å². The zero-order valence-electron chi connectivity index (χ0n) is 12.8. The minimum absolute atomic E-state index is 0.166. The van der Waals surface area contributed by atoms with Crippen molar-refractivity contribution in [2.24, 2.45) is 22.7 Å². The predicted octanol–water partition coefficient (Wildman–Crippen LogP) is 3.66. The first-order valence-electron chi connectivity index (χ1n) is 7.45. The van der Waals surface area contributed by atoms with Crippen molar-refractivity contribution in [2.45, 2.75) is 40.0 Å². The molecule has 2 fully saturated rings. The Morgan fingerprint density at radius 2 is 2.15 bits per heavy atom. The summed E-state index contributed by atoms with van der Waals surface area (Å²) in [6, 6.07) is 0.